The number of nitrogens with one attached hydrogen (secondary N) is 2. The lowest BCUT2D eigenvalue weighted by atomic mass is 11.4. The monoisotopic (exact) mass is 282 g/mol. The maximum Gasteiger partial charge on any atom is 0.118 e. The molecule has 0 fully saturated rings. The van der Waals surface area contributed by atoms with Crippen LogP contribution < -0.4 is 23.3 Å². The first-order valence-electron chi connectivity index (χ1n) is 3.96. The molecule has 0 aromatic rings. The van der Waals surface area contributed by atoms with E-state index in [1.165, 1.54) is 13.2 Å². The second-order valence-electron chi connectivity index (χ2n) is 0.333. The van der Waals surface area contributed by atoms with Crippen molar-refractivity contribution >= 4 is 35.3 Å². The largest absolute Gasteiger partial charge is 0.390 e. The predicted octanol–water partition coefficient (Wildman–Crippen LogP) is -0.108. The van der Waals surface area contributed by atoms with Gasteiger partial charge in [0.25, 0.3) is 0 Å². The molecule has 0 atom stereocenters. The van der Waals surface area contributed by atoms with Crippen molar-refractivity contribution in [2.45, 2.75) is 0 Å². The minimum Gasteiger partial charge on any atom is -0.390 e. The van der Waals surface area contributed by atoms with Crippen molar-refractivity contribution in [2.24, 2.45) is 17.2 Å². The van der Waals surface area contributed by atoms with Gasteiger partial charge in [-0.3, -0.25) is 10.8 Å². The van der Waals surface area contributed by atoms with Crippen molar-refractivity contribution in [1.29, 1.82) is 10.8 Å². The summed E-state index contributed by atoms with van der Waals surface area (Å²) < 4.78 is 23.4. The van der Waals surface area contributed by atoms with E-state index in [4.69, 9.17) is 16.5 Å². The summed E-state index contributed by atoms with van der Waals surface area (Å²) in [5.74, 6) is 0. The summed E-state index contributed by atoms with van der Waals surface area (Å²) in [6.45, 7) is 0. The SMILES string of the molecule is CI.N=CN.N=CN.[2H]N([2H])C.[2H]N[2H]. The van der Waals surface area contributed by atoms with Crippen LogP contribution in [0.2, 0.25) is 5.65 Å². The van der Waals surface area contributed by atoms with E-state index in [1.807, 2.05) is 4.93 Å². The van der Waals surface area contributed by atoms with Gasteiger partial charge < -0.3 is 23.3 Å². The number of halogens is 1. The van der Waals surface area contributed by atoms with E-state index in [9.17, 15) is 0 Å². The van der Waals surface area contributed by atoms with Crippen LogP contribution in [0.15, 0.2) is 0 Å². The Bertz CT molecular complexity index is 78.8. The Morgan fingerprint density at radius 3 is 1.45 bits per heavy atom. The highest BCUT2D eigenvalue weighted by atomic mass is 127. The summed E-state index contributed by atoms with van der Waals surface area (Å²) in [6.07, 6.45) is 2.75. The summed E-state index contributed by atoms with van der Waals surface area (Å²) in [4.78, 5) is 1.97. The average Bonchev–Trinajstić information content (AvgIpc) is 2.09. The molecule has 0 radical (unpaired) electrons. The maximum absolute atomic E-state index is 6.08. The molecular weight excluding hydrogens is 259 g/mol. The third-order valence-electron chi connectivity index (χ3n) is 0. The zero-order valence-electron chi connectivity index (χ0n) is 10.6. The normalized spacial score (nSPS) is 8.00. The highest BCUT2D eigenvalue weighted by Gasteiger charge is 1.11. The quantitative estimate of drug-likeness (QED) is 0.158. The third-order valence-corrected chi connectivity index (χ3v) is 0. The van der Waals surface area contributed by atoms with Crippen molar-refractivity contribution in [3.63, 3.8) is 0 Å². The van der Waals surface area contributed by atoms with E-state index in [2.05, 4.69) is 34.1 Å². The third kappa shape index (κ3) is 3290. The fourth-order valence-electron chi connectivity index (χ4n) is 0. The second-order valence-corrected chi connectivity index (χ2v) is 0.333. The molecule has 0 aliphatic carbocycles. The van der Waals surface area contributed by atoms with Crippen molar-refractivity contribution in [3.05, 3.63) is 0 Å². The van der Waals surface area contributed by atoms with Crippen molar-refractivity contribution in [1.82, 2.24) is 6.14 Å². The standard InChI is InChI=1S/CH3I.2CH4N2.CH5N.H3N/c1-2;2*2-1-3;1-2;/h1H3;2*1H,(H3,2,3);2H2,1H3;1H3/i/hD4. The highest BCUT2D eigenvalue weighted by molar-refractivity contribution is 14.1. The zero-order valence-corrected chi connectivity index (χ0v) is 8.79. The topological polar surface area (TPSA) is 161 Å². The molecule has 0 spiro atoms. The summed E-state index contributed by atoms with van der Waals surface area (Å²) in [5.41, 5.74) is 9.28. The van der Waals surface area contributed by atoms with Crippen LogP contribution in [0.1, 0.15) is 0 Å². The van der Waals surface area contributed by atoms with Crippen molar-refractivity contribution < 1.29 is 5.65 Å². The minimum absolute atomic E-state index is 0.500. The van der Waals surface area contributed by atoms with Gasteiger partial charge in [-0.15, -0.1) is 0 Å². The van der Waals surface area contributed by atoms with Crippen LogP contribution >= 0.6 is 22.6 Å². The first kappa shape index (κ1) is 10.6. The predicted molar refractivity (Wildman–Crippen MR) is 61.0 cm³/mol. The molecule has 11 heavy (non-hydrogen) atoms. The molecule has 0 saturated heterocycles. The van der Waals surface area contributed by atoms with Gasteiger partial charge in [-0.05, 0) is 12.0 Å². The van der Waals surface area contributed by atoms with Crippen LogP contribution in [0.5, 0.6) is 0 Å². The van der Waals surface area contributed by atoms with Crippen molar-refractivity contribution in [2.75, 3.05) is 12.0 Å². The molecule has 6 nitrogen and oxygen atoms in total. The van der Waals surface area contributed by atoms with Crippen LogP contribution in [0.4, 0.5) is 0 Å². The number of hydrogen-bond acceptors (Lipinski definition) is 4. The van der Waals surface area contributed by atoms with Gasteiger partial charge in [0, 0.05) is 0 Å². The molecular formula is C4H19IN6. The lowest BCUT2D eigenvalue weighted by Gasteiger charge is -1.39. The van der Waals surface area contributed by atoms with Crippen molar-refractivity contribution in [3.8, 4) is 0 Å². The first-order valence-corrected chi connectivity index (χ1v) is 4.23. The molecule has 0 aliphatic rings. The van der Waals surface area contributed by atoms with Crippen LogP contribution in [0, 0.1) is 10.8 Å². The van der Waals surface area contributed by atoms with E-state index in [1.54, 1.807) is 0 Å². The van der Waals surface area contributed by atoms with E-state index < -0.39 is 0 Å². The smallest absolute Gasteiger partial charge is 0.118 e. The summed E-state index contributed by atoms with van der Waals surface area (Å²) >= 11 is 2.15. The van der Waals surface area contributed by atoms with Crippen LogP contribution in [-0.2, 0) is 0 Å². The second kappa shape index (κ2) is 280. The van der Waals surface area contributed by atoms with Gasteiger partial charge in [0.1, 0.15) is 5.65 Å². The molecule has 11 N–H and O–H groups in total. The Morgan fingerprint density at radius 1 is 1.45 bits per heavy atom. The zero-order chi connectivity index (χ0) is 13.7. The van der Waals surface area contributed by atoms with Gasteiger partial charge >= 0.3 is 0 Å². The molecule has 0 aromatic carbocycles. The fraction of sp³-hybridized carbons (Fsp3) is 0.500. The molecule has 0 amide bonds. The highest BCUT2D eigenvalue weighted by Crippen LogP contribution is 1.48. The Morgan fingerprint density at radius 2 is 1.45 bits per heavy atom. The lowest BCUT2D eigenvalue weighted by molar-refractivity contribution is 1.48. The number of hydrogen-bond donors (Lipinski definition) is 6. The van der Waals surface area contributed by atoms with E-state index in [0.717, 1.165) is 12.7 Å². The maximum atomic E-state index is 6.08. The van der Waals surface area contributed by atoms with E-state index in [-0.39, 0.29) is 0 Å². The molecule has 72 valence electrons. The Labute approximate surface area is 87.5 Å². The lowest BCUT2D eigenvalue weighted by Crippen LogP contribution is -1.81. The molecule has 0 saturated carbocycles. The van der Waals surface area contributed by atoms with Gasteiger partial charge in [0.15, 0.2) is 0 Å². The average molecular weight is 282 g/mol. The first-order chi connectivity index (χ1) is 6.97. The number of alkyl halides is 1. The van der Waals surface area contributed by atoms with Gasteiger partial charge in [-0.25, -0.2) is 0 Å². The van der Waals surface area contributed by atoms with E-state index in [0.29, 0.717) is 5.72 Å². The molecule has 0 heterocycles. The molecule has 0 bridgehead atoms. The number of nitrogens with two attached hydrogens (primary N) is 3. The molecule has 0 aliphatic heterocycles. The van der Waals surface area contributed by atoms with E-state index >= 15 is 0 Å². The Kier molecular flexibility index (Phi) is 269. The van der Waals surface area contributed by atoms with Gasteiger partial charge in [0.2, 0.25) is 0 Å². The Balaban J connectivity index is -0.0000000283. The fourth-order valence-corrected chi connectivity index (χ4v) is 0. The van der Waals surface area contributed by atoms with Gasteiger partial charge in [0.05, 0.1) is 12.7 Å². The van der Waals surface area contributed by atoms with Crippen LogP contribution in [-0.4, -0.2) is 24.7 Å². The minimum atomic E-state index is 0.500. The molecule has 0 aromatic heterocycles. The molecule has 0 rings (SSSR count). The molecule has 0 unspecified atom stereocenters. The summed E-state index contributed by atoms with van der Waals surface area (Å²) in [6, 6.07) is 0. The summed E-state index contributed by atoms with van der Waals surface area (Å²) in [5, 5.41) is 11.7. The Hall–Kier alpha value is -0.410. The van der Waals surface area contributed by atoms with Crippen LogP contribution in [0.3, 0.4) is 0 Å². The number of rotatable bonds is 0. The summed E-state index contributed by atoms with van der Waals surface area (Å²) in [7, 11) is 1.33. The van der Waals surface area contributed by atoms with Crippen LogP contribution in [0.25, 0.3) is 0 Å². The van der Waals surface area contributed by atoms with Gasteiger partial charge in [-0.1, -0.05) is 22.6 Å². The van der Waals surface area contributed by atoms with Gasteiger partial charge in [-0.2, -0.15) is 0 Å². The molecule has 7 heteroatoms.